The first-order valence-corrected chi connectivity index (χ1v) is 7.31. The van der Waals surface area contributed by atoms with Crippen molar-refractivity contribution in [2.45, 2.75) is 13.3 Å². The number of ether oxygens (including phenoxy) is 1. The Balaban J connectivity index is 3.09. The number of hydrogen-bond donors (Lipinski definition) is 1. The largest absolute Gasteiger partial charge is 0.465 e. The summed E-state index contributed by atoms with van der Waals surface area (Å²) < 4.78 is 30.1. The summed E-state index contributed by atoms with van der Waals surface area (Å²) in [6.45, 7) is 1.76. The number of methoxy groups -OCH3 is 1. The van der Waals surface area contributed by atoms with Crippen LogP contribution >= 0.6 is 11.6 Å². The molecule has 0 aliphatic heterocycles. The van der Waals surface area contributed by atoms with Crippen LogP contribution < -0.4 is 4.72 Å². The molecule has 0 saturated carbocycles. The SMILES string of the molecule is CCCS(=O)(=O)Nc1cccc(C(=O)OC)c1Cl. The Kier molecular flexibility index (Phi) is 4.98. The van der Waals surface area contributed by atoms with Gasteiger partial charge in [-0.05, 0) is 18.6 Å². The molecule has 0 fully saturated rings. The van der Waals surface area contributed by atoms with Gasteiger partial charge in [-0.25, -0.2) is 13.2 Å². The number of esters is 1. The minimum absolute atomic E-state index is 0.00815. The van der Waals surface area contributed by atoms with Crippen LogP contribution in [-0.2, 0) is 14.8 Å². The van der Waals surface area contributed by atoms with Gasteiger partial charge in [-0.1, -0.05) is 24.6 Å². The van der Waals surface area contributed by atoms with E-state index in [0.29, 0.717) is 6.42 Å². The number of rotatable bonds is 5. The molecule has 0 aliphatic rings. The number of carbonyl (C=O) groups excluding carboxylic acids is 1. The number of benzene rings is 1. The lowest BCUT2D eigenvalue weighted by molar-refractivity contribution is 0.0601. The normalized spacial score (nSPS) is 11.1. The second-order valence-electron chi connectivity index (χ2n) is 3.58. The van der Waals surface area contributed by atoms with Crippen LogP contribution in [0.5, 0.6) is 0 Å². The second-order valence-corrected chi connectivity index (χ2v) is 5.80. The van der Waals surface area contributed by atoms with Crippen molar-refractivity contribution < 1.29 is 17.9 Å². The van der Waals surface area contributed by atoms with Gasteiger partial charge in [0.1, 0.15) is 0 Å². The monoisotopic (exact) mass is 291 g/mol. The van der Waals surface area contributed by atoms with E-state index in [9.17, 15) is 13.2 Å². The van der Waals surface area contributed by atoms with Gasteiger partial charge in [-0.3, -0.25) is 4.72 Å². The van der Waals surface area contributed by atoms with Gasteiger partial charge in [0.15, 0.2) is 0 Å². The van der Waals surface area contributed by atoms with Crippen molar-refractivity contribution in [2.75, 3.05) is 17.6 Å². The number of hydrogen-bond acceptors (Lipinski definition) is 4. The Bertz CT molecular complexity index is 542. The molecule has 0 radical (unpaired) electrons. The van der Waals surface area contributed by atoms with E-state index in [1.54, 1.807) is 6.92 Å². The molecule has 0 heterocycles. The number of sulfonamides is 1. The van der Waals surface area contributed by atoms with Gasteiger partial charge in [0.05, 0.1) is 29.1 Å². The lowest BCUT2D eigenvalue weighted by Crippen LogP contribution is -2.17. The standard InChI is InChI=1S/C11H14ClNO4S/c1-3-7-18(15,16)13-9-6-4-5-8(10(9)12)11(14)17-2/h4-6,13H,3,7H2,1-2H3. The fraction of sp³-hybridized carbons (Fsp3) is 0.364. The quantitative estimate of drug-likeness (QED) is 0.845. The molecular weight excluding hydrogens is 278 g/mol. The van der Waals surface area contributed by atoms with Crippen LogP contribution in [0.3, 0.4) is 0 Å². The third-order valence-corrected chi connectivity index (χ3v) is 4.03. The average Bonchev–Trinajstić information content (AvgIpc) is 2.30. The topological polar surface area (TPSA) is 72.5 Å². The summed E-state index contributed by atoms with van der Waals surface area (Å²) in [7, 11) is -2.21. The molecule has 7 heteroatoms. The smallest absolute Gasteiger partial charge is 0.339 e. The lowest BCUT2D eigenvalue weighted by Gasteiger charge is -2.10. The highest BCUT2D eigenvalue weighted by molar-refractivity contribution is 7.92. The average molecular weight is 292 g/mol. The first kappa shape index (κ1) is 14.8. The fourth-order valence-corrected chi connectivity index (χ4v) is 2.82. The zero-order valence-corrected chi connectivity index (χ0v) is 11.6. The van der Waals surface area contributed by atoms with Gasteiger partial charge in [0, 0.05) is 0 Å². The van der Waals surface area contributed by atoms with Crippen molar-refractivity contribution in [2.24, 2.45) is 0 Å². The third kappa shape index (κ3) is 3.61. The molecule has 0 bridgehead atoms. The summed E-state index contributed by atoms with van der Waals surface area (Å²) in [6, 6.07) is 4.48. The fourth-order valence-electron chi connectivity index (χ4n) is 1.37. The summed E-state index contributed by atoms with van der Waals surface area (Å²) in [5, 5.41) is 0.0315. The van der Waals surface area contributed by atoms with Crippen LogP contribution in [0.25, 0.3) is 0 Å². The van der Waals surface area contributed by atoms with E-state index >= 15 is 0 Å². The van der Waals surface area contributed by atoms with E-state index in [1.807, 2.05) is 0 Å². The Labute approximate surface area is 111 Å². The zero-order valence-electron chi connectivity index (χ0n) is 10.1. The maximum absolute atomic E-state index is 11.6. The highest BCUT2D eigenvalue weighted by atomic mass is 35.5. The minimum atomic E-state index is -3.44. The van der Waals surface area contributed by atoms with Crippen LogP contribution in [0, 0.1) is 0 Å². The van der Waals surface area contributed by atoms with Gasteiger partial charge in [0.2, 0.25) is 10.0 Å². The van der Waals surface area contributed by atoms with Crippen LogP contribution in [0.15, 0.2) is 18.2 Å². The molecule has 0 aliphatic carbocycles. The van der Waals surface area contributed by atoms with E-state index in [4.69, 9.17) is 11.6 Å². The predicted molar refractivity (Wildman–Crippen MR) is 70.5 cm³/mol. The number of carbonyl (C=O) groups is 1. The molecule has 0 spiro atoms. The molecule has 0 unspecified atom stereocenters. The molecule has 1 aromatic rings. The van der Waals surface area contributed by atoms with E-state index in [-0.39, 0.29) is 22.0 Å². The highest BCUT2D eigenvalue weighted by Crippen LogP contribution is 2.27. The molecule has 1 rings (SSSR count). The first-order valence-electron chi connectivity index (χ1n) is 5.28. The van der Waals surface area contributed by atoms with Gasteiger partial charge >= 0.3 is 5.97 Å². The first-order chi connectivity index (χ1) is 8.41. The summed E-state index contributed by atoms with van der Waals surface area (Å²) in [4.78, 5) is 11.4. The van der Waals surface area contributed by atoms with Gasteiger partial charge in [-0.15, -0.1) is 0 Å². The van der Waals surface area contributed by atoms with Crippen molar-refractivity contribution in [1.82, 2.24) is 0 Å². The third-order valence-electron chi connectivity index (χ3n) is 2.14. The maximum Gasteiger partial charge on any atom is 0.339 e. The maximum atomic E-state index is 11.6. The van der Waals surface area contributed by atoms with E-state index in [0.717, 1.165) is 0 Å². The van der Waals surface area contributed by atoms with Crippen molar-refractivity contribution in [3.63, 3.8) is 0 Å². The predicted octanol–water partition coefficient (Wildman–Crippen LogP) is 2.28. The Morgan fingerprint density at radius 1 is 1.44 bits per heavy atom. The summed E-state index contributed by atoms with van der Waals surface area (Å²) in [5.74, 6) is -0.622. The minimum Gasteiger partial charge on any atom is -0.465 e. The number of nitrogens with one attached hydrogen (secondary N) is 1. The highest BCUT2D eigenvalue weighted by Gasteiger charge is 2.17. The van der Waals surface area contributed by atoms with Crippen molar-refractivity contribution in [3.8, 4) is 0 Å². The molecule has 1 aromatic carbocycles. The molecule has 0 aromatic heterocycles. The van der Waals surface area contributed by atoms with Crippen molar-refractivity contribution in [1.29, 1.82) is 0 Å². The summed E-state index contributed by atoms with van der Waals surface area (Å²) in [5.41, 5.74) is 0.295. The van der Waals surface area contributed by atoms with E-state index in [1.165, 1.54) is 25.3 Å². The second kappa shape index (κ2) is 6.06. The van der Waals surface area contributed by atoms with Crippen molar-refractivity contribution >= 4 is 33.3 Å². The van der Waals surface area contributed by atoms with Gasteiger partial charge in [-0.2, -0.15) is 0 Å². The van der Waals surface area contributed by atoms with Crippen LogP contribution in [0.4, 0.5) is 5.69 Å². The Hall–Kier alpha value is -1.27. The molecule has 0 saturated heterocycles. The Morgan fingerprint density at radius 3 is 2.67 bits per heavy atom. The van der Waals surface area contributed by atoms with Crippen LogP contribution in [0.2, 0.25) is 5.02 Å². The molecular formula is C11H14ClNO4S. The number of halogens is 1. The Morgan fingerprint density at radius 2 is 2.11 bits per heavy atom. The molecule has 18 heavy (non-hydrogen) atoms. The molecule has 1 N–H and O–H groups in total. The number of anilines is 1. The zero-order chi connectivity index (χ0) is 13.8. The van der Waals surface area contributed by atoms with Crippen molar-refractivity contribution in [3.05, 3.63) is 28.8 Å². The van der Waals surface area contributed by atoms with Crippen LogP contribution in [0.1, 0.15) is 23.7 Å². The molecule has 0 atom stereocenters. The molecule has 5 nitrogen and oxygen atoms in total. The molecule has 100 valence electrons. The van der Waals surface area contributed by atoms with Crippen LogP contribution in [-0.4, -0.2) is 27.2 Å². The summed E-state index contributed by atoms with van der Waals surface area (Å²) in [6.07, 6.45) is 0.490. The molecule has 0 amide bonds. The lowest BCUT2D eigenvalue weighted by atomic mass is 10.2. The summed E-state index contributed by atoms with van der Waals surface area (Å²) >= 11 is 5.96. The van der Waals surface area contributed by atoms with E-state index < -0.39 is 16.0 Å². The van der Waals surface area contributed by atoms with Gasteiger partial charge < -0.3 is 4.74 Å². The van der Waals surface area contributed by atoms with Gasteiger partial charge in [0.25, 0.3) is 0 Å². The van der Waals surface area contributed by atoms with E-state index in [2.05, 4.69) is 9.46 Å².